The quantitative estimate of drug-likeness (QED) is 0.0594. The number of non-ortho nitro benzene ring substituents is 1. The molecule has 4 aromatic carbocycles. The molecule has 0 fully saturated rings. The number of alkyl halides is 3. The van der Waals surface area contributed by atoms with E-state index in [2.05, 4.69) is 11.0 Å². The molecular formula is C38H39F3N4O7S. The van der Waals surface area contributed by atoms with Crippen LogP contribution >= 0.6 is 0 Å². The van der Waals surface area contributed by atoms with Gasteiger partial charge in [0.05, 0.1) is 27.7 Å². The predicted molar refractivity (Wildman–Crippen MR) is 191 cm³/mol. The Kier molecular flexibility index (Phi) is 12.9. The molecule has 5 rings (SSSR count). The molecule has 280 valence electrons. The van der Waals surface area contributed by atoms with Gasteiger partial charge in [0.1, 0.15) is 12.7 Å². The van der Waals surface area contributed by atoms with E-state index in [1.165, 1.54) is 22.5 Å². The van der Waals surface area contributed by atoms with Gasteiger partial charge in [-0.25, -0.2) is 8.42 Å². The summed E-state index contributed by atoms with van der Waals surface area (Å²) >= 11 is 0. The molecule has 53 heavy (non-hydrogen) atoms. The van der Waals surface area contributed by atoms with E-state index in [0.717, 1.165) is 59.6 Å². The molecule has 0 saturated heterocycles. The van der Waals surface area contributed by atoms with E-state index in [0.29, 0.717) is 31.7 Å². The number of sulfonamides is 1. The molecule has 0 N–H and O–H groups in total. The van der Waals surface area contributed by atoms with E-state index < -0.39 is 33.8 Å². The minimum absolute atomic E-state index is 0.00156. The van der Waals surface area contributed by atoms with Crippen LogP contribution in [0, 0.1) is 21.4 Å². The zero-order valence-electron chi connectivity index (χ0n) is 29.0. The number of nitro groups is 1. The first kappa shape index (κ1) is 39.0. The van der Waals surface area contributed by atoms with Crippen molar-refractivity contribution in [1.29, 1.82) is 5.26 Å². The number of fused-ring (bicyclic) bond motifs is 1. The van der Waals surface area contributed by atoms with Crippen molar-refractivity contribution >= 4 is 21.4 Å². The van der Waals surface area contributed by atoms with Gasteiger partial charge in [-0.3, -0.25) is 10.1 Å². The number of hydrogen-bond donors (Lipinski definition) is 0. The first-order valence-corrected chi connectivity index (χ1v) is 18.4. The highest BCUT2D eigenvalue weighted by Gasteiger charge is 2.32. The molecule has 1 heterocycles. The fourth-order valence-corrected chi connectivity index (χ4v) is 7.84. The van der Waals surface area contributed by atoms with Crippen LogP contribution < -0.4 is 14.4 Å². The van der Waals surface area contributed by atoms with Crippen molar-refractivity contribution < 1.29 is 40.7 Å². The number of ether oxygens (including phenoxy) is 3. The molecule has 0 aliphatic carbocycles. The number of hydrogen-bond acceptors (Lipinski definition) is 9. The second-order valence-electron chi connectivity index (χ2n) is 12.5. The van der Waals surface area contributed by atoms with Gasteiger partial charge in [-0.1, -0.05) is 48.5 Å². The third-order valence-corrected chi connectivity index (χ3v) is 10.7. The molecular weight excluding hydrogens is 714 g/mol. The molecule has 4 aromatic rings. The highest BCUT2D eigenvalue weighted by molar-refractivity contribution is 7.89. The maximum atomic E-state index is 14.0. The van der Waals surface area contributed by atoms with E-state index in [1.54, 1.807) is 19.1 Å². The SMILES string of the molecule is C[C@H](Cc1cc(C#N)c2c(c1)CCN2CCCOCc1ccccc1)N(CCOc1ccccc1OCC(F)(F)F)S(=O)(=O)c1ccc([N+](=O)[O-])cc1. The van der Waals surface area contributed by atoms with E-state index >= 15 is 0 Å². The lowest BCUT2D eigenvalue weighted by Gasteiger charge is -2.29. The third kappa shape index (κ3) is 10.5. The van der Waals surface area contributed by atoms with Gasteiger partial charge in [-0.15, -0.1) is 0 Å². The van der Waals surface area contributed by atoms with Gasteiger partial charge in [0.15, 0.2) is 18.1 Å². The number of nitriles is 1. The molecule has 15 heteroatoms. The van der Waals surface area contributed by atoms with E-state index in [1.807, 2.05) is 36.4 Å². The lowest BCUT2D eigenvalue weighted by Crippen LogP contribution is -2.42. The summed E-state index contributed by atoms with van der Waals surface area (Å²) < 4.78 is 84.2. The van der Waals surface area contributed by atoms with Crippen LogP contribution in [0.5, 0.6) is 11.5 Å². The molecule has 1 aliphatic heterocycles. The molecule has 0 unspecified atom stereocenters. The van der Waals surface area contributed by atoms with E-state index in [9.17, 15) is 37.0 Å². The second kappa shape index (κ2) is 17.6. The van der Waals surface area contributed by atoms with Gasteiger partial charge in [0.25, 0.3) is 5.69 Å². The Bertz CT molecular complexity index is 2010. The number of rotatable bonds is 18. The number of nitro benzene ring substituents is 1. The molecule has 0 bridgehead atoms. The highest BCUT2D eigenvalue weighted by atomic mass is 32.2. The zero-order valence-corrected chi connectivity index (χ0v) is 29.8. The monoisotopic (exact) mass is 752 g/mol. The Labute approximate surface area is 306 Å². The van der Waals surface area contributed by atoms with Gasteiger partial charge in [-0.2, -0.15) is 22.7 Å². The molecule has 1 aliphatic rings. The van der Waals surface area contributed by atoms with Crippen molar-refractivity contribution in [2.45, 2.75) is 49.9 Å². The molecule has 0 saturated carbocycles. The minimum Gasteiger partial charge on any atom is -0.488 e. The first-order chi connectivity index (χ1) is 25.4. The molecule has 11 nitrogen and oxygen atoms in total. The van der Waals surface area contributed by atoms with Gasteiger partial charge >= 0.3 is 6.18 Å². The molecule has 0 amide bonds. The van der Waals surface area contributed by atoms with Crippen molar-refractivity contribution in [3.63, 3.8) is 0 Å². The molecule has 1 atom stereocenters. The van der Waals surface area contributed by atoms with Crippen LogP contribution in [-0.2, 0) is 34.2 Å². The average Bonchev–Trinajstić information content (AvgIpc) is 3.55. The topological polar surface area (TPSA) is 135 Å². The Morgan fingerprint density at radius 3 is 2.30 bits per heavy atom. The second-order valence-corrected chi connectivity index (χ2v) is 14.4. The highest BCUT2D eigenvalue weighted by Crippen LogP contribution is 2.34. The van der Waals surface area contributed by atoms with Crippen LogP contribution in [0.2, 0.25) is 0 Å². The van der Waals surface area contributed by atoms with Gasteiger partial charge in [-0.05, 0) is 73.2 Å². The molecule has 0 aromatic heterocycles. The first-order valence-electron chi connectivity index (χ1n) is 17.0. The summed E-state index contributed by atoms with van der Waals surface area (Å²) in [6.07, 6.45) is -2.87. The average molecular weight is 753 g/mol. The smallest absolute Gasteiger partial charge is 0.422 e. The summed E-state index contributed by atoms with van der Waals surface area (Å²) in [5.74, 6) is -0.153. The summed E-state index contributed by atoms with van der Waals surface area (Å²) in [6.45, 7) is 2.22. The summed E-state index contributed by atoms with van der Waals surface area (Å²) in [5.41, 5.74) is 3.90. The largest absolute Gasteiger partial charge is 0.488 e. The summed E-state index contributed by atoms with van der Waals surface area (Å²) in [4.78, 5) is 12.6. The zero-order chi connectivity index (χ0) is 38.0. The van der Waals surface area contributed by atoms with Crippen molar-refractivity contribution in [1.82, 2.24) is 4.31 Å². The van der Waals surface area contributed by atoms with Crippen LogP contribution in [0.25, 0.3) is 0 Å². The van der Waals surface area contributed by atoms with Gasteiger partial charge in [0.2, 0.25) is 10.0 Å². The minimum atomic E-state index is -4.57. The van der Waals surface area contributed by atoms with Crippen molar-refractivity contribution in [3.8, 4) is 17.6 Å². The van der Waals surface area contributed by atoms with E-state index in [4.69, 9.17) is 14.2 Å². The maximum Gasteiger partial charge on any atom is 0.422 e. The van der Waals surface area contributed by atoms with Gasteiger partial charge in [0, 0.05) is 44.4 Å². The summed E-state index contributed by atoms with van der Waals surface area (Å²) in [5, 5.41) is 21.4. The van der Waals surface area contributed by atoms with Gasteiger partial charge < -0.3 is 19.1 Å². The number of benzene rings is 4. The number of halogens is 3. The van der Waals surface area contributed by atoms with Crippen molar-refractivity contribution in [2.75, 3.05) is 44.4 Å². The fourth-order valence-electron chi connectivity index (χ4n) is 6.23. The summed E-state index contributed by atoms with van der Waals surface area (Å²) in [6, 6.07) is 25.5. The molecule has 0 spiro atoms. The summed E-state index contributed by atoms with van der Waals surface area (Å²) in [7, 11) is -4.26. The predicted octanol–water partition coefficient (Wildman–Crippen LogP) is 7.08. The van der Waals surface area contributed by atoms with Crippen LogP contribution in [0.1, 0.15) is 35.6 Å². The number of nitrogens with zero attached hydrogens (tertiary/aromatic N) is 4. The van der Waals surface area contributed by atoms with Crippen LogP contribution in [0.15, 0.2) is 95.9 Å². The lowest BCUT2D eigenvalue weighted by molar-refractivity contribution is -0.384. The van der Waals surface area contributed by atoms with E-state index in [-0.39, 0.29) is 41.7 Å². The standard InChI is InChI=1S/C38H39F3N4O7S/c1-28(22-30-23-31-16-18-43(37(31)32(24-30)25-42)17-7-20-50-26-29-8-3-2-4-9-29)44(53(48,49)34-14-12-33(13-15-34)45(46)47)19-21-51-35-10-5-6-11-36(35)52-27-38(39,40)41/h2-6,8-15,23-24,28H,7,16-22,26-27H2,1H3/t28-/m1/s1. The Morgan fingerprint density at radius 2 is 1.64 bits per heavy atom. The van der Waals surface area contributed by atoms with Crippen molar-refractivity contribution in [3.05, 3.63) is 123 Å². The fraction of sp³-hybridized carbons (Fsp3) is 0.342. The van der Waals surface area contributed by atoms with Crippen LogP contribution in [0.4, 0.5) is 24.5 Å². The maximum absolute atomic E-state index is 14.0. The van der Waals surface area contributed by atoms with Crippen LogP contribution in [0.3, 0.4) is 0 Å². The Morgan fingerprint density at radius 1 is 0.962 bits per heavy atom. The number of para-hydroxylation sites is 2. The third-order valence-electron chi connectivity index (χ3n) is 8.65. The lowest BCUT2D eigenvalue weighted by atomic mass is 9.99. The Hall–Kier alpha value is -5.17. The van der Waals surface area contributed by atoms with Crippen molar-refractivity contribution in [2.24, 2.45) is 0 Å². The van der Waals surface area contributed by atoms with Crippen LogP contribution in [-0.4, -0.2) is 69.3 Å². The molecule has 0 radical (unpaired) electrons. The normalized spacial score (nSPS) is 13.4. The Balaban J connectivity index is 1.30. The number of anilines is 1.